The van der Waals surface area contributed by atoms with Crippen LogP contribution in [-0.2, 0) is 33.3 Å². The number of carbonyl (C=O) groups is 3. The number of aromatic nitrogens is 2. The van der Waals surface area contributed by atoms with Crippen LogP contribution in [0.3, 0.4) is 0 Å². The molecule has 0 aromatic carbocycles. The molecule has 1 aliphatic rings. The second-order valence-corrected chi connectivity index (χ2v) is 9.05. The maximum Gasteiger partial charge on any atom is 0.349 e. The van der Waals surface area contributed by atoms with Gasteiger partial charge in [-0.25, -0.2) is 9.78 Å². The van der Waals surface area contributed by atoms with Gasteiger partial charge in [0.15, 0.2) is 17.9 Å². The molecular formula is C23H34N2O8. The van der Waals surface area contributed by atoms with Crippen LogP contribution in [0.2, 0.25) is 0 Å². The van der Waals surface area contributed by atoms with Crippen molar-refractivity contribution in [3.8, 4) is 0 Å². The summed E-state index contributed by atoms with van der Waals surface area (Å²) >= 11 is 0. The molecule has 1 saturated heterocycles. The Labute approximate surface area is 193 Å². The molecule has 0 amide bonds. The fourth-order valence-electron chi connectivity index (χ4n) is 3.29. The number of ether oxygens (including phenoxy) is 4. The van der Waals surface area contributed by atoms with E-state index in [0.29, 0.717) is 0 Å². The summed E-state index contributed by atoms with van der Waals surface area (Å²) < 4.78 is 24.1. The standard InChI is InChI=1S/C23H34N2O8/c1-14(2)19(26)31-13-9-23(33-21(28)16(5)6)8-12-30-18(17(23)32-20(27)15(3)4)25-11-7-10-24-22(25)29/h7,10-11,14-18H,8-9,12-13H2,1-6H3/t17?,18-,23?/m1/s1. The average molecular weight is 467 g/mol. The minimum atomic E-state index is -1.37. The van der Waals surface area contributed by atoms with Crippen LogP contribution >= 0.6 is 0 Å². The van der Waals surface area contributed by atoms with Gasteiger partial charge in [-0.1, -0.05) is 41.5 Å². The molecular weight excluding hydrogens is 432 g/mol. The van der Waals surface area contributed by atoms with Gasteiger partial charge in [-0.05, 0) is 6.07 Å². The lowest BCUT2D eigenvalue weighted by Gasteiger charge is -2.46. The van der Waals surface area contributed by atoms with Gasteiger partial charge in [-0.3, -0.25) is 19.0 Å². The van der Waals surface area contributed by atoms with Gasteiger partial charge in [-0.15, -0.1) is 0 Å². The van der Waals surface area contributed by atoms with Gasteiger partial charge in [-0.2, -0.15) is 0 Å². The maximum absolute atomic E-state index is 12.7. The largest absolute Gasteiger partial charge is 0.465 e. The summed E-state index contributed by atoms with van der Waals surface area (Å²) in [5.41, 5.74) is -1.98. The Morgan fingerprint density at radius 1 is 1.09 bits per heavy atom. The first-order valence-electron chi connectivity index (χ1n) is 11.2. The minimum absolute atomic E-state index is 0.0627. The molecule has 2 heterocycles. The van der Waals surface area contributed by atoms with Crippen molar-refractivity contribution in [2.45, 2.75) is 72.3 Å². The van der Waals surface area contributed by atoms with E-state index in [1.165, 1.54) is 17.0 Å². The minimum Gasteiger partial charge on any atom is -0.465 e. The van der Waals surface area contributed by atoms with Crippen LogP contribution in [0.1, 0.15) is 60.6 Å². The lowest BCUT2D eigenvalue weighted by atomic mass is 9.85. The number of nitrogens with zero attached hydrogens (tertiary/aromatic N) is 2. The van der Waals surface area contributed by atoms with Crippen molar-refractivity contribution in [1.29, 1.82) is 0 Å². The molecule has 2 unspecified atom stereocenters. The summed E-state index contributed by atoms with van der Waals surface area (Å²) in [5, 5.41) is 0. The highest BCUT2D eigenvalue weighted by molar-refractivity contribution is 5.73. The summed E-state index contributed by atoms with van der Waals surface area (Å²) in [6.07, 6.45) is 0.817. The SMILES string of the molecule is CC(C)C(=O)OCCC1(OC(=O)C(C)C)CCO[C@@H](n2cccnc2=O)C1OC(=O)C(C)C. The zero-order valence-electron chi connectivity index (χ0n) is 20.1. The number of hydrogen-bond donors (Lipinski definition) is 0. The fraction of sp³-hybridized carbons (Fsp3) is 0.696. The van der Waals surface area contributed by atoms with E-state index < -0.39 is 53.4 Å². The van der Waals surface area contributed by atoms with E-state index in [9.17, 15) is 19.2 Å². The van der Waals surface area contributed by atoms with Gasteiger partial charge < -0.3 is 18.9 Å². The summed E-state index contributed by atoms with van der Waals surface area (Å²) in [7, 11) is 0. The lowest BCUT2D eigenvalue weighted by molar-refractivity contribution is -0.248. The van der Waals surface area contributed by atoms with E-state index in [-0.39, 0.29) is 32.0 Å². The van der Waals surface area contributed by atoms with Crippen LogP contribution in [0.25, 0.3) is 0 Å². The quantitative estimate of drug-likeness (QED) is 0.398. The molecule has 0 aliphatic carbocycles. The summed E-state index contributed by atoms with van der Waals surface area (Å²) in [6, 6.07) is 1.55. The van der Waals surface area contributed by atoms with Gasteiger partial charge in [0, 0.05) is 25.2 Å². The number of carbonyl (C=O) groups excluding carboxylic acids is 3. The topological polar surface area (TPSA) is 123 Å². The highest BCUT2D eigenvalue weighted by atomic mass is 16.6. The van der Waals surface area contributed by atoms with E-state index in [1.807, 2.05) is 0 Å². The number of hydrogen-bond acceptors (Lipinski definition) is 9. The van der Waals surface area contributed by atoms with E-state index in [4.69, 9.17) is 18.9 Å². The molecule has 1 aliphatic heterocycles. The molecule has 0 bridgehead atoms. The van der Waals surface area contributed by atoms with Crippen molar-refractivity contribution in [2.24, 2.45) is 17.8 Å². The molecule has 10 heteroatoms. The molecule has 0 N–H and O–H groups in total. The van der Waals surface area contributed by atoms with Gasteiger partial charge in [0.2, 0.25) is 0 Å². The summed E-state index contributed by atoms with van der Waals surface area (Å²) in [5.74, 6) is -2.71. The number of rotatable bonds is 9. The molecule has 3 atom stereocenters. The normalized spacial score (nSPS) is 22.9. The smallest absolute Gasteiger partial charge is 0.349 e. The van der Waals surface area contributed by atoms with E-state index in [0.717, 1.165) is 0 Å². The van der Waals surface area contributed by atoms with Crippen LogP contribution in [0.4, 0.5) is 0 Å². The van der Waals surface area contributed by atoms with Crippen molar-refractivity contribution < 1.29 is 33.3 Å². The molecule has 1 aromatic rings. The molecule has 1 aromatic heterocycles. The first-order chi connectivity index (χ1) is 15.5. The molecule has 0 spiro atoms. The summed E-state index contributed by atoms with van der Waals surface area (Å²) in [4.78, 5) is 53.6. The molecule has 2 rings (SSSR count). The molecule has 0 saturated carbocycles. The van der Waals surface area contributed by atoms with Crippen molar-refractivity contribution >= 4 is 17.9 Å². The Balaban J connectivity index is 2.50. The van der Waals surface area contributed by atoms with Crippen LogP contribution in [0.5, 0.6) is 0 Å². The molecule has 1 fully saturated rings. The zero-order valence-corrected chi connectivity index (χ0v) is 20.1. The van der Waals surface area contributed by atoms with E-state index in [1.54, 1.807) is 47.6 Å². The number of esters is 3. The zero-order chi connectivity index (χ0) is 24.8. The van der Waals surface area contributed by atoms with Crippen LogP contribution in [0, 0.1) is 17.8 Å². The van der Waals surface area contributed by atoms with Crippen molar-refractivity contribution in [3.63, 3.8) is 0 Å². The molecule has 0 radical (unpaired) electrons. The Morgan fingerprint density at radius 3 is 2.30 bits per heavy atom. The second-order valence-electron chi connectivity index (χ2n) is 9.05. The van der Waals surface area contributed by atoms with Gasteiger partial charge in [0.25, 0.3) is 0 Å². The fourth-order valence-corrected chi connectivity index (χ4v) is 3.29. The monoisotopic (exact) mass is 466 g/mol. The van der Waals surface area contributed by atoms with Crippen molar-refractivity contribution in [3.05, 3.63) is 28.9 Å². The Bertz CT molecular complexity index is 894. The third-order valence-electron chi connectivity index (χ3n) is 5.33. The van der Waals surface area contributed by atoms with Gasteiger partial charge in [0.05, 0.1) is 31.0 Å². The highest BCUT2D eigenvalue weighted by Crippen LogP contribution is 2.40. The van der Waals surface area contributed by atoms with Crippen molar-refractivity contribution in [2.75, 3.05) is 13.2 Å². The third-order valence-corrected chi connectivity index (χ3v) is 5.33. The second kappa shape index (κ2) is 11.4. The van der Waals surface area contributed by atoms with Gasteiger partial charge in [0.1, 0.15) is 0 Å². The van der Waals surface area contributed by atoms with E-state index in [2.05, 4.69) is 4.98 Å². The van der Waals surface area contributed by atoms with Crippen molar-refractivity contribution in [1.82, 2.24) is 9.55 Å². The first kappa shape index (κ1) is 26.5. The predicted octanol–water partition coefficient (Wildman–Crippen LogP) is 2.26. The summed E-state index contributed by atoms with van der Waals surface area (Å²) in [6.45, 7) is 10.2. The third kappa shape index (κ3) is 6.63. The lowest BCUT2D eigenvalue weighted by Crippen LogP contribution is -2.59. The van der Waals surface area contributed by atoms with Crippen LogP contribution < -0.4 is 5.69 Å². The van der Waals surface area contributed by atoms with Gasteiger partial charge >= 0.3 is 23.6 Å². The average Bonchev–Trinajstić information content (AvgIpc) is 2.75. The molecule has 33 heavy (non-hydrogen) atoms. The Hall–Kier alpha value is -2.75. The predicted molar refractivity (Wildman–Crippen MR) is 117 cm³/mol. The Kier molecular flexibility index (Phi) is 9.16. The molecule has 184 valence electrons. The Morgan fingerprint density at radius 2 is 1.73 bits per heavy atom. The van der Waals surface area contributed by atoms with E-state index >= 15 is 0 Å². The highest BCUT2D eigenvalue weighted by Gasteiger charge is 2.53. The van der Waals surface area contributed by atoms with Crippen LogP contribution in [0.15, 0.2) is 23.3 Å². The maximum atomic E-state index is 12.7. The first-order valence-corrected chi connectivity index (χ1v) is 11.2. The van der Waals surface area contributed by atoms with Crippen LogP contribution in [-0.4, -0.2) is 52.4 Å². The molecule has 10 nitrogen and oxygen atoms in total.